The molecule has 52 heavy (non-hydrogen) atoms. The van der Waals surface area contributed by atoms with Gasteiger partial charge in [-0.1, -0.05) is 96.0 Å². The van der Waals surface area contributed by atoms with E-state index in [1.165, 1.54) is 119 Å². The van der Waals surface area contributed by atoms with E-state index in [-0.39, 0.29) is 17.5 Å². The lowest BCUT2D eigenvalue weighted by Crippen LogP contribution is -2.60. The molecule has 0 saturated heterocycles. The lowest BCUT2D eigenvalue weighted by Gasteiger charge is -2.45. The molecule has 0 N–H and O–H groups in total. The van der Waals surface area contributed by atoms with Crippen molar-refractivity contribution in [1.82, 2.24) is 0 Å². The van der Waals surface area contributed by atoms with E-state index in [4.69, 9.17) is 0 Å². The van der Waals surface area contributed by atoms with Crippen molar-refractivity contribution in [2.45, 2.75) is 105 Å². The minimum absolute atomic E-state index is 0.121. The number of hydrogen-bond acceptors (Lipinski definition) is 3. The maximum absolute atomic E-state index is 2.65. The Labute approximate surface area is 315 Å². The number of hydrogen-bond donors (Lipinski definition) is 0. The van der Waals surface area contributed by atoms with Gasteiger partial charge < -0.3 is 9.80 Å². The van der Waals surface area contributed by atoms with E-state index < -0.39 is 0 Å². The number of anilines is 6. The van der Waals surface area contributed by atoms with Gasteiger partial charge >= 0.3 is 0 Å². The summed E-state index contributed by atoms with van der Waals surface area (Å²) < 4.78 is 2.82. The molecule has 6 aromatic rings. The van der Waals surface area contributed by atoms with Crippen LogP contribution < -0.4 is 25.5 Å². The third kappa shape index (κ3) is 5.04. The number of fused-ring (bicyclic) bond motifs is 7. The predicted molar refractivity (Wildman–Crippen MR) is 229 cm³/mol. The average molecular weight is 699 g/mol. The third-order valence-electron chi connectivity index (χ3n) is 12.7. The molecular weight excluding hydrogens is 647 g/mol. The Morgan fingerprint density at radius 2 is 1.33 bits per heavy atom. The van der Waals surface area contributed by atoms with Crippen LogP contribution >= 0.6 is 11.3 Å². The minimum atomic E-state index is 0.121. The Kier molecular flexibility index (Phi) is 7.66. The highest BCUT2D eigenvalue weighted by Crippen LogP contribution is 2.51. The van der Waals surface area contributed by atoms with Crippen LogP contribution in [-0.2, 0) is 10.8 Å². The van der Waals surface area contributed by atoms with Crippen molar-refractivity contribution in [3.8, 4) is 0 Å². The maximum atomic E-state index is 2.65. The van der Waals surface area contributed by atoms with Crippen molar-refractivity contribution in [1.29, 1.82) is 0 Å². The third-order valence-corrected chi connectivity index (χ3v) is 13.9. The van der Waals surface area contributed by atoms with Crippen LogP contribution in [0.15, 0.2) is 91.0 Å². The van der Waals surface area contributed by atoms with Crippen LogP contribution in [0.4, 0.5) is 34.1 Å². The van der Waals surface area contributed by atoms with Crippen LogP contribution in [0.3, 0.4) is 0 Å². The molecule has 3 aliphatic rings. The van der Waals surface area contributed by atoms with Crippen LogP contribution in [0, 0.1) is 20.8 Å². The standard InChI is InChI=1S/C48H51BN2S/c1-10-11-32(5)33-14-16-34(17-15-33)50-40-21-13-29(2)24-39(40)49-44-41(50)25-31(4)26-42(44)51(45-36-19-12-30(3)27-43(36)52-46(45)49)35-18-20-37-38(28-35)48(8,9)23-22-47(37,6)7/h12-21,24-28,32H,10-11,22-23H2,1-9H3. The molecule has 0 spiro atoms. The molecule has 1 aromatic heterocycles. The SMILES string of the molecule is CCCC(C)c1ccc(N2c3ccc(C)cc3B3c4sc5cc(C)ccc5c4N(c4ccc5c(c4)C(C)(C)CCC5(C)C)c4cc(C)cc2c43)cc1. The van der Waals surface area contributed by atoms with Crippen LogP contribution in [0.5, 0.6) is 0 Å². The second-order valence-electron chi connectivity index (χ2n) is 17.5. The molecule has 0 amide bonds. The van der Waals surface area contributed by atoms with Crippen LogP contribution in [0.2, 0.25) is 0 Å². The molecular formula is C48H51BN2S. The highest BCUT2D eigenvalue weighted by Gasteiger charge is 2.46. The smallest absolute Gasteiger partial charge is 0.264 e. The molecule has 5 aromatic carbocycles. The van der Waals surface area contributed by atoms with Gasteiger partial charge in [0.25, 0.3) is 6.71 Å². The Morgan fingerprint density at radius 3 is 2.06 bits per heavy atom. The van der Waals surface area contributed by atoms with Crippen molar-refractivity contribution >= 4 is 78.0 Å². The number of nitrogens with zero attached hydrogens (tertiary/aromatic N) is 2. The first-order chi connectivity index (χ1) is 24.9. The molecule has 9 rings (SSSR count). The van der Waals surface area contributed by atoms with E-state index in [1.54, 1.807) is 0 Å². The van der Waals surface area contributed by atoms with Crippen molar-refractivity contribution < 1.29 is 0 Å². The molecule has 2 aliphatic heterocycles. The molecule has 0 fully saturated rings. The van der Waals surface area contributed by atoms with Gasteiger partial charge in [0.1, 0.15) is 0 Å². The van der Waals surface area contributed by atoms with Gasteiger partial charge in [-0.2, -0.15) is 0 Å². The predicted octanol–water partition coefficient (Wildman–Crippen LogP) is 12.2. The Balaban J connectivity index is 1.34. The molecule has 0 saturated carbocycles. The van der Waals surface area contributed by atoms with Crippen molar-refractivity contribution in [2.75, 3.05) is 9.80 Å². The molecule has 3 heterocycles. The Morgan fingerprint density at radius 1 is 0.673 bits per heavy atom. The van der Waals surface area contributed by atoms with Gasteiger partial charge in [-0.15, -0.1) is 11.3 Å². The van der Waals surface area contributed by atoms with Crippen LogP contribution in [0.25, 0.3) is 10.1 Å². The summed E-state index contributed by atoms with van der Waals surface area (Å²) in [5.41, 5.74) is 19.2. The molecule has 0 radical (unpaired) electrons. The summed E-state index contributed by atoms with van der Waals surface area (Å²) in [7, 11) is 0. The molecule has 262 valence electrons. The van der Waals surface area contributed by atoms with Crippen molar-refractivity contribution in [3.63, 3.8) is 0 Å². The van der Waals surface area contributed by atoms with E-state index in [0.717, 1.165) is 0 Å². The summed E-state index contributed by atoms with van der Waals surface area (Å²) >= 11 is 2.00. The Bertz CT molecular complexity index is 2400. The van der Waals surface area contributed by atoms with E-state index >= 15 is 0 Å². The van der Waals surface area contributed by atoms with Crippen LogP contribution in [0.1, 0.15) is 107 Å². The number of aryl methyl sites for hydroxylation is 3. The summed E-state index contributed by atoms with van der Waals surface area (Å²) in [5, 5.41) is 1.35. The quantitative estimate of drug-likeness (QED) is 0.165. The summed E-state index contributed by atoms with van der Waals surface area (Å²) in [6, 6.07) is 36.0. The number of benzene rings is 5. The summed E-state index contributed by atoms with van der Waals surface area (Å²) in [5.74, 6) is 0.558. The monoisotopic (exact) mass is 698 g/mol. The first kappa shape index (κ1) is 33.6. The minimum Gasteiger partial charge on any atom is -0.311 e. The highest BCUT2D eigenvalue weighted by atomic mass is 32.1. The van der Waals surface area contributed by atoms with Gasteiger partial charge in [-0.3, -0.25) is 0 Å². The zero-order valence-electron chi connectivity index (χ0n) is 32.4. The molecule has 2 nitrogen and oxygen atoms in total. The lowest BCUT2D eigenvalue weighted by molar-refractivity contribution is 0.332. The van der Waals surface area contributed by atoms with Crippen LogP contribution in [-0.4, -0.2) is 6.71 Å². The average Bonchev–Trinajstić information content (AvgIpc) is 3.48. The fraction of sp³-hybridized carbons (Fsp3) is 0.333. The molecule has 1 aliphatic carbocycles. The first-order valence-electron chi connectivity index (χ1n) is 19.5. The van der Waals surface area contributed by atoms with E-state index in [2.05, 4.69) is 163 Å². The second-order valence-corrected chi connectivity index (χ2v) is 18.6. The molecule has 0 bridgehead atoms. The lowest BCUT2D eigenvalue weighted by atomic mass is 9.36. The van der Waals surface area contributed by atoms with Gasteiger partial charge in [0, 0.05) is 43.3 Å². The molecule has 1 atom stereocenters. The van der Waals surface area contributed by atoms with Gasteiger partial charge in [-0.25, -0.2) is 0 Å². The van der Waals surface area contributed by atoms with Gasteiger partial charge in [-0.05, 0) is 144 Å². The summed E-state index contributed by atoms with van der Waals surface area (Å²) in [6.45, 7) is 21.3. The zero-order chi connectivity index (χ0) is 36.3. The molecule has 4 heteroatoms. The van der Waals surface area contributed by atoms with Gasteiger partial charge in [0.15, 0.2) is 0 Å². The van der Waals surface area contributed by atoms with E-state index in [9.17, 15) is 0 Å². The number of thiophene rings is 1. The fourth-order valence-electron chi connectivity index (χ4n) is 9.66. The van der Waals surface area contributed by atoms with E-state index in [0.29, 0.717) is 5.92 Å². The zero-order valence-corrected chi connectivity index (χ0v) is 33.3. The van der Waals surface area contributed by atoms with Crippen molar-refractivity contribution in [2.24, 2.45) is 0 Å². The fourth-order valence-corrected chi connectivity index (χ4v) is 11.1. The second kappa shape index (κ2) is 11.9. The largest absolute Gasteiger partial charge is 0.311 e. The Hall–Kier alpha value is -4.28. The van der Waals surface area contributed by atoms with Gasteiger partial charge in [0.2, 0.25) is 0 Å². The highest BCUT2D eigenvalue weighted by molar-refractivity contribution is 7.33. The first-order valence-corrected chi connectivity index (χ1v) is 20.3. The van der Waals surface area contributed by atoms with Crippen molar-refractivity contribution in [3.05, 3.63) is 124 Å². The maximum Gasteiger partial charge on any atom is 0.264 e. The molecule has 1 unspecified atom stereocenters. The topological polar surface area (TPSA) is 6.48 Å². The summed E-state index contributed by atoms with van der Waals surface area (Å²) in [4.78, 5) is 5.21. The normalized spacial score (nSPS) is 17.1. The van der Waals surface area contributed by atoms with Gasteiger partial charge in [0.05, 0.1) is 5.69 Å². The van der Waals surface area contributed by atoms with E-state index in [1.807, 2.05) is 11.3 Å². The summed E-state index contributed by atoms with van der Waals surface area (Å²) in [6.07, 6.45) is 4.83. The number of rotatable bonds is 5.